The van der Waals surface area contributed by atoms with E-state index in [2.05, 4.69) is 17.2 Å². The number of thiazole rings is 1. The van der Waals surface area contributed by atoms with Crippen molar-refractivity contribution in [3.05, 3.63) is 71.2 Å². The number of carbonyl (C=O) groups is 2. The van der Waals surface area contributed by atoms with Crippen molar-refractivity contribution in [2.75, 3.05) is 5.32 Å². The lowest BCUT2D eigenvalue weighted by atomic mass is 10.1. The van der Waals surface area contributed by atoms with Crippen molar-refractivity contribution in [1.82, 2.24) is 4.98 Å². The van der Waals surface area contributed by atoms with E-state index in [1.165, 1.54) is 16.9 Å². The zero-order chi connectivity index (χ0) is 19.9. The van der Waals surface area contributed by atoms with Gasteiger partial charge in [0.05, 0.1) is 12.1 Å². The van der Waals surface area contributed by atoms with Gasteiger partial charge < -0.3 is 10.1 Å². The Kier molecular flexibility index (Phi) is 6.55. The average Bonchev–Trinajstić information content (AvgIpc) is 3.17. The minimum atomic E-state index is -0.884. The van der Waals surface area contributed by atoms with Crippen LogP contribution < -0.4 is 5.32 Å². The highest BCUT2D eigenvalue weighted by atomic mass is 32.1. The number of aryl methyl sites for hydroxylation is 1. The van der Waals surface area contributed by atoms with Crippen LogP contribution in [0.2, 0.25) is 0 Å². The van der Waals surface area contributed by atoms with Crippen molar-refractivity contribution < 1.29 is 14.3 Å². The number of benzene rings is 2. The normalized spacial score (nSPS) is 11.6. The van der Waals surface area contributed by atoms with Crippen molar-refractivity contribution in [3.8, 4) is 10.6 Å². The number of esters is 1. The highest BCUT2D eigenvalue weighted by Gasteiger charge is 2.19. The molecule has 6 heteroatoms. The summed E-state index contributed by atoms with van der Waals surface area (Å²) >= 11 is 1.48. The standard InChI is InChI=1S/C22H22N2O3S/c1-3-16-9-11-18(12-10-16)23-21(26)15(2)27-20(25)13-19-14-28-22(24-19)17-7-5-4-6-8-17/h4-12,14-15H,3,13H2,1-2H3,(H,23,26). The quantitative estimate of drug-likeness (QED) is 0.600. The maximum Gasteiger partial charge on any atom is 0.312 e. The van der Waals surface area contributed by atoms with Crippen LogP contribution in [0, 0.1) is 0 Å². The first kappa shape index (κ1) is 19.8. The summed E-state index contributed by atoms with van der Waals surface area (Å²) < 4.78 is 5.26. The van der Waals surface area contributed by atoms with E-state index in [4.69, 9.17) is 4.74 Å². The molecule has 0 aliphatic rings. The fourth-order valence-electron chi connectivity index (χ4n) is 2.61. The molecule has 0 radical (unpaired) electrons. The number of rotatable bonds is 7. The van der Waals surface area contributed by atoms with Crippen molar-refractivity contribution in [2.24, 2.45) is 0 Å². The van der Waals surface area contributed by atoms with Crippen molar-refractivity contribution in [3.63, 3.8) is 0 Å². The number of carbonyl (C=O) groups excluding carboxylic acids is 2. The Morgan fingerprint density at radius 1 is 1.11 bits per heavy atom. The van der Waals surface area contributed by atoms with Gasteiger partial charge in [0.2, 0.25) is 0 Å². The van der Waals surface area contributed by atoms with Gasteiger partial charge in [-0.05, 0) is 31.0 Å². The molecule has 28 heavy (non-hydrogen) atoms. The van der Waals surface area contributed by atoms with Gasteiger partial charge in [0, 0.05) is 16.6 Å². The number of amides is 1. The van der Waals surface area contributed by atoms with E-state index in [9.17, 15) is 9.59 Å². The lowest BCUT2D eigenvalue weighted by Crippen LogP contribution is -2.30. The Hall–Kier alpha value is -2.99. The summed E-state index contributed by atoms with van der Waals surface area (Å²) in [6.45, 7) is 3.63. The van der Waals surface area contributed by atoms with Gasteiger partial charge in [0.15, 0.2) is 6.10 Å². The summed E-state index contributed by atoms with van der Waals surface area (Å²) in [7, 11) is 0. The van der Waals surface area contributed by atoms with Gasteiger partial charge in [-0.25, -0.2) is 4.98 Å². The Morgan fingerprint density at radius 3 is 2.50 bits per heavy atom. The molecule has 0 saturated carbocycles. The van der Waals surface area contributed by atoms with E-state index in [1.807, 2.05) is 60.0 Å². The van der Waals surface area contributed by atoms with Gasteiger partial charge in [-0.15, -0.1) is 11.3 Å². The average molecular weight is 394 g/mol. The van der Waals surface area contributed by atoms with E-state index in [1.54, 1.807) is 6.92 Å². The van der Waals surface area contributed by atoms with Gasteiger partial charge in [-0.1, -0.05) is 49.4 Å². The summed E-state index contributed by atoms with van der Waals surface area (Å²) in [5.41, 5.74) is 3.51. The summed E-state index contributed by atoms with van der Waals surface area (Å²) in [6.07, 6.45) is 0.0855. The molecule has 1 N–H and O–H groups in total. The molecule has 0 fully saturated rings. The summed E-state index contributed by atoms with van der Waals surface area (Å²) in [6, 6.07) is 17.4. The third-order valence-electron chi connectivity index (χ3n) is 4.21. The zero-order valence-corrected chi connectivity index (χ0v) is 16.7. The highest BCUT2D eigenvalue weighted by Crippen LogP contribution is 2.23. The second-order valence-corrected chi connectivity index (χ2v) is 7.22. The van der Waals surface area contributed by atoms with Crippen LogP contribution in [0.15, 0.2) is 60.0 Å². The summed E-state index contributed by atoms with van der Waals surface area (Å²) in [5.74, 6) is -0.838. The monoisotopic (exact) mass is 394 g/mol. The van der Waals surface area contributed by atoms with Crippen molar-refractivity contribution in [2.45, 2.75) is 32.8 Å². The number of anilines is 1. The Morgan fingerprint density at radius 2 is 1.82 bits per heavy atom. The molecule has 0 aliphatic carbocycles. The number of hydrogen-bond donors (Lipinski definition) is 1. The molecule has 1 amide bonds. The second kappa shape index (κ2) is 9.28. The maximum atomic E-state index is 12.2. The van der Waals surface area contributed by atoms with Crippen LogP contribution in [-0.2, 0) is 27.2 Å². The van der Waals surface area contributed by atoms with E-state index in [0.29, 0.717) is 11.4 Å². The van der Waals surface area contributed by atoms with Crippen molar-refractivity contribution in [1.29, 1.82) is 0 Å². The lowest BCUT2D eigenvalue weighted by Gasteiger charge is -2.13. The number of hydrogen-bond acceptors (Lipinski definition) is 5. The maximum absolute atomic E-state index is 12.2. The first-order chi connectivity index (χ1) is 13.5. The predicted octanol–water partition coefficient (Wildman–Crippen LogP) is 4.49. The van der Waals surface area contributed by atoms with Crippen molar-refractivity contribution >= 4 is 28.9 Å². The molecule has 2 aromatic carbocycles. The molecule has 144 valence electrons. The first-order valence-corrected chi connectivity index (χ1v) is 10.0. The number of nitrogens with zero attached hydrogens (tertiary/aromatic N) is 1. The fraction of sp³-hybridized carbons (Fsp3) is 0.227. The molecular weight excluding hydrogens is 372 g/mol. The molecule has 0 saturated heterocycles. The molecule has 0 bridgehead atoms. The van der Waals surface area contributed by atoms with Gasteiger partial charge in [-0.2, -0.15) is 0 Å². The largest absolute Gasteiger partial charge is 0.452 e. The van der Waals surface area contributed by atoms with Gasteiger partial charge in [-0.3, -0.25) is 9.59 Å². The Balaban J connectivity index is 1.52. The van der Waals surface area contributed by atoms with Crippen LogP contribution in [0.25, 0.3) is 10.6 Å². The van der Waals surface area contributed by atoms with Crippen LogP contribution in [0.5, 0.6) is 0 Å². The molecule has 1 aromatic heterocycles. The number of ether oxygens (including phenoxy) is 1. The van der Waals surface area contributed by atoms with E-state index in [0.717, 1.165) is 17.0 Å². The molecule has 0 aliphatic heterocycles. The molecular formula is C22H22N2O3S. The number of aromatic nitrogens is 1. The van der Waals surface area contributed by atoms with Gasteiger partial charge >= 0.3 is 5.97 Å². The minimum absolute atomic E-state index is 0.0339. The molecule has 3 rings (SSSR count). The smallest absolute Gasteiger partial charge is 0.312 e. The highest BCUT2D eigenvalue weighted by molar-refractivity contribution is 7.13. The predicted molar refractivity (Wildman–Crippen MR) is 111 cm³/mol. The van der Waals surface area contributed by atoms with Crippen LogP contribution in [-0.4, -0.2) is 23.0 Å². The molecule has 1 atom stereocenters. The topological polar surface area (TPSA) is 68.3 Å². The Bertz CT molecular complexity index is 936. The van der Waals surface area contributed by atoms with E-state index in [-0.39, 0.29) is 12.3 Å². The minimum Gasteiger partial charge on any atom is -0.452 e. The zero-order valence-electron chi connectivity index (χ0n) is 15.8. The van der Waals surface area contributed by atoms with E-state index >= 15 is 0 Å². The van der Waals surface area contributed by atoms with Crippen LogP contribution in [0.4, 0.5) is 5.69 Å². The van der Waals surface area contributed by atoms with Crippen LogP contribution in [0.3, 0.4) is 0 Å². The molecule has 1 unspecified atom stereocenters. The first-order valence-electron chi connectivity index (χ1n) is 9.14. The molecule has 3 aromatic rings. The third-order valence-corrected chi connectivity index (χ3v) is 5.15. The lowest BCUT2D eigenvalue weighted by molar-refractivity contribution is -0.152. The van der Waals surface area contributed by atoms with Crippen LogP contribution >= 0.6 is 11.3 Å². The Labute approximate surface area is 168 Å². The molecule has 0 spiro atoms. The summed E-state index contributed by atoms with van der Waals surface area (Å²) in [4.78, 5) is 28.9. The fourth-order valence-corrected chi connectivity index (χ4v) is 3.44. The molecule has 1 heterocycles. The van der Waals surface area contributed by atoms with Crippen LogP contribution in [0.1, 0.15) is 25.1 Å². The second-order valence-electron chi connectivity index (χ2n) is 6.36. The number of nitrogens with one attached hydrogen (secondary N) is 1. The van der Waals surface area contributed by atoms with Gasteiger partial charge in [0.1, 0.15) is 5.01 Å². The van der Waals surface area contributed by atoms with Gasteiger partial charge in [0.25, 0.3) is 5.91 Å². The third kappa shape index (κ3) is 5.27. The SMILES string of the molecule is CCc1ccc(NC(=O)C(C)OC(=O)Cc2csc(-c3ccccc3)n2)cc1. The molecule has 5 nitrogen and oxygen atoms in total. The van der Waals surface area contributed by atoms with E-state index < -0.39 is 12.1 Å². The summed E-state index contributed by atoms with van der Waals surface area (Å²) in [5, 5.41) is 5.45.